The third kappa shape index (κ3) is 10.6. The summed E-state index contributed by atoms with van der Waals surface area (Å²) in [6.07, 6.45) is 1.53. The Balaban J connectivity index is 0.000000218. The molecule has 5 aromatic rings. The van der Waals surface area contributed by atoms with E-state index in [2.05, 4.69) is 16.3 Å². The van der Waals surface area contributed by atoms with Gasteiger partial charge in [0.25, 0.3) is 0 Å². The highest BCUT2D eigenvalue weighted by Crippen LogP contribution is 2.38. The molecule has 1 atom stereocenters. The first kappa shape index (κ1) is 42.5. The molecule has 0 spiro atoms. The minimum atomic E-state index is -3.84. The second kappa shape index (κ2) is 19.5. The lowest BCUT2D eigenvalue weighted by Crippen LogP contribution is -2.32. The van der Waals surface area contributed by atoms with E-state index in [1.165, 1.54) is 18.2 Å². The summed E-state index contributed by atoms with van der Waals surface area (Å²) < 4.78 is 61.5. The quantitative estimate of drug-likeness (QED) is 0.103. The average molecular weight is 804 g/mol. The van der Waals surface area contributed by atoms with E-state index in [1.54, 1.807) is 40.6 Å². The summed E-state index contributed by atoms with van der Waals surface area (Å²) >= 11 is 0. The van der Waals surface area contributed by atoms with Crippen molar-refractivity contribution in [2.45, 2.75) is 44.2 Å². The number of nitrogen functional groups attached to an aromatic ring is 1. The van der Waals surface area contributed by atoms with E-state index in [4.69, 9.17) is 49.0 Å². The lowest BCUT2D eigenvalue weighted by atomic mass is 9.98. The van der Waals surface area contributed by atoms with Gasteiger partial charge < -0.3 is 49.1 Å². The SMILES string of the molecule is CCOc1ccccc1OCCN[C@H](C)Cc1ccc(OC)c(S(N)(=O)=O)c1.COc1cc2c(cc1OC)CN(c1cc(N)c3cc(OC)c(OC)cc3n1)CC2. The molecule has 0 radical (unpaired) electrons. The fourth-order valence-electron chi connectivity index (χ4n) is 6.61. The van der Waals surface area contributed by atoms with Crippen LogP contribution in [0, 0.1) is 0 Å². The molecule has 1 aliphatic rings. The molecule has 0 aliphatic carbocycles. The van der Waals surface area contributed by atoms with Crippen molar-refractivity contribution in [1.82, 2.24) is 10.3 Å². The fourth-order valence-corrected chi connectivity index (χ4v) is 7.36. The largest absolute Gasteiger partial charge is 0.495 e. The van der Waals surface area contributed by atoms with E-state index in [0.717, 1.165) is 59.0 Å². The Hall–Kier alpha value is -5.64. The van der Waals surface area contributed by atoms with Crippen LogP contribution in [-0.4, -0.2) is 81.3 Å². The molecule has 1 aliphatic heterocycles. The van der Waals surface area contributed by atoms with Gasteiger partial charge in [0, 0.05) is 48.9 Å². The molecule has 0 bridgehead atoms. The van der Waals surface area contributed by atoms with Crippen molar-refractivity contribution in [3.8, 4) is 40.2 Å². The first-order chi connectivity index (χ1) is 27.4. The fraction of sp³-hybridized carbons (Fsp3) is 0.357. The number of hydrogen-bond acceptors (Lipinski definition) is 13. The second-order valence-electron chi connectivity index (χ2n) is 13.3. The van der Waals surface area contributed by atoms with Gasteiger partial charge in [0.1, 0.15) is 23.1 Å². The Labute approximate surface area is 335 Å². The molecule has 2 heterocycles. The van der Waals surface area contributed by atoms with Crippen molar-refractivity contribution < 1.29 is 41.6 Å². The number of rotatable bonds is 16. The summed E-state index contributed by atoms with van der Waals surface area (Å²) in [5.41, 5.74) is 11.1. The number of anilines is 2. The summed E-state index contributed by atoms with van der Waals surface area (Å²) in [7, 11) is 4.10. The van der Waals surface area contributed by atoms with Crippen LogP contribution in [0.3, 0.4) is 0 Å². The number of sulfonamides is 1. The summed E-state index contributed by atoms with van der Waals surface area (Å²) in [5.74, 6) is 5.28. The Bertz CT molecular complexity index is 2250. The Morgan fingerprint density at radius 3 is 2.02 bits per heavy atom. The number of pyridine rings is 1. The van der Waals surface area contributed by atoms with Crippen LogP contribution < -0.4 is 54.2 Å². The highest BCUT2D eigenvalue weighted by atomic mass is 32.2. The smallest absolute Gasteiger partial charge is 0.241 e. The highest BCUT2D eigenvalue weighted by molar-refractivity contribution is 7.89. The van der Waals surface area contributed by atoms with E-state index < -0.39 is 10.0 Å². The Morgan fingerprint density at radius 1 is 0.772 bits per heavy atom. The van der Waals surface area contributed by atoms with Crippen LogP contribution in [-0.2, 0) is 29.4 Å². The van der Waals surface area contributed by atoms with Crippen LogP contribution in [0.5, 0.6) is 40.2 Å². The molecule has 0 unspecified atom stereocenters. The maximum atomic E-state index is 11.7. The van der Waals surface area contributed by atoms with E-state index in [-0.39, 0.29) is 16.7 Å². The standard InChI is InChI=1S/C22H25N3O4.C20H28N2O5S/c1-26-18-7-13-5-6-25(12-14(13)8-19(18)27-2)22-10-16(23)15-9-20(28-3)21(29-4)11-17(15)24-22;1-4-26-17-7-5-6-8-18(17)27-12-11-22-15(2)13-16-9-10-19(25-3)20(14-16)28(21,23)24/h7-11H,5-6,12H2,1-4H3,(H2,23,24);5-10,14-15,22H,4,11-13H2,1-3H3,(H2,21,23,24)/t;15-/m.1/s1. The van der Waals surface area contributed by atoms with Gasteiger partial charge in [-0.15, -0.1) is 0 Å². The summed E-state index contributed by atoms with van der Waals surface area (Å²) in [6, 6.07) is 22.4. The van der Waals surface area contributed by atoms with Crippen LogP contribution in [0.2, 0.25) is 0 Å². The number of fused-ring (bicyclic) bond motifs is 2. The lowest BCUT2D eigenvalue weighted by Gasteiger charge is -2.31. The van der Waals surface area contributed by atoms with Gasteiger partial charge in [0.2, 0.25) is 10.0 Å². The number of nitrogens with two attached hydrogens (primary N) is 2. The molecule has 0 amide bonds. The van der Waals surface area contributed by atoms with E-state index in [1.807, 2.05) is 68.4 Å². The number of aromatic nitrogens is 1. The minimum absolute atomic E-state index is 0.00411. The van der Waals surface area contributed by atoms with Crippen LogP contribution >= 0.6 is 0 Å². The number of methoxy groups -OCH3 is 5. The zero-order valence-electron chi connectivity index (χ0n) is 33.6. The number of primary sulfonamides is 1. The van der Waals surface area contributed by atoms with Crippen molar-refractivity contribution in [3.63, 3.8) is 0 Å². The van der Waals surface area contributed by atoms with Gasteiger partial charge in [0.05, 0.1) is 47.7 Å². The van der Waals surface area contributed by atoms with Crippen molar-refractivity contribution in [1.29, 1.82) is 0 Å². The van der Waals surface area contributed by atoms with E-state index in [0.29, 0.717) is 49.1 Å². The molecule has 0 saturated heterocycles. The molecule has 1 aromatic heterocycles. The van der Waals surface area contributed by atoms with Gasteiger partial charge in [-0.3, -0.25) is 0 Å². The number of nitrogens with one attached hydrogen (secondary N) is 1. The summed E-state index contributed by atoms with van der Waals surface area (Å²) in [5, 5.41) is 9.47. The van der Waals surface area contributed by atoms with Crippen molar-refractivity contribution in [3.05, 3.63) is 89.5 Å². The summed E-state index contributed by atoms with van der Waals surface area (Å²) in [4.78, 5) is 7.07. The molecule has 0 saturated carbocycles. The molecular weight excluding hydrogens is 751 g/mol. The summed E-state index contributed by atoms with van der Waals surface area (Å²) in [6.45, 7) is 7.22. The lowest BCUT2D eigenvalue weighted by molar-refractivity contribution is 0.272. The maximum Gasteiger partial charge on any atom is 0.241 e. The molecule has 306 valence electrons. The number of benzene rings is 4. The molecule has 14 nitrogen and oxygen atoms in total. The number of para-hydroxylation sites is 2. The number of nitrogens with zero attached hydrogens (tertiary/aromatic N) is 2. The van der Waals surface area contributed by atoms with Crippen LogP contribution in [0.15, 0.2) is 77.7 Å². The van der Waals surface area contributed by atoms with Crippen LogP contribution in [0.1, 0.15) is 30.5 Å². The Morgan fingerprint density at radius 2 is 1.39 bits per heavy atom. The first-order valence-corrected chi connectivity index (χ1v) is 20.1. The van der Waals surface area contributed by atoms with Crippen LogP contribution in [0.4, 0.5) is 11.5 Å². The average Bonchev–Trinajstić information content (AvgIpc) is 3.21. The molecule has 6 rings (SSSR count). The second-order valence-corrected chi connectivity index (χ2v) is 14.8. The molecule has 4 aromatic carbocycles. The predicted octanol–water partition coefficient (Wildman–Crippen LogP) is 5.76. The first-order valence-electron chi connectivity index (χ1n) is 18.5. The molecule has 15 heteroatoms. The topological polar surface area (TPSA) is 179 Å². The predicted molar refractivity (Wildman–Crippen MR) is 222 cm³/mol. The van der Waals surface area contributed by atoms with Gasteiger partial charge >= 0.3 is 0 Å². The number of ether oxygens (including phenoxy) is 7. The molecule has 0 fully saturated rings. The minimum Gasteiger partial charge on any atom is -0.495 e. The highest BCUT2D eigenvalue weighted by Gasteiger charge is 2.22. The van der Waals surface area contributed by atoms with Crippen LogP contribution in [0.25, 0.3) is 10.9 Å². The Kier molecular flexibility index (Phi) is 14.5. The zero-order chi connectivity index (χ0) is 41.1. The van der Waals surface area contributed by atoms with Gasteiger partial charge in [-0.1, -0.05) is 18.2 Å². The normalized spacial score (nSPS) is 12.8. The van der Waals surface area contributed by atoms with Crippen molar-refractivity contribution >= 4 is 32.4 Å². The molecule has 57 heavy (non-hydrogen) atoms. The molecular formula is C42H53N5O9S. The van der Waals surface area contributed by atoms with E-state index >= 15 is 0 Å². The third-order valence-electron chi connectivity index (χ3n) is 9.45. The van der Waals surface area contributed by atoms with Gasteiger partial charge in [0.15, 0.2) is 34.5 Å². The van der Waals surface area contributed by atoms with Gasteiger partial charge in [-0.25, -0.2) is 18.5 Å². The van der Waals surface area contributed by atoms with E-state index in [9.17, 15) is 8.42 Å². The van der Waals surface area contributed by atoms with Crippen molar-refractivity contribution in [2.75, 3.05) is 72.5 Å². The van der Waals surface area contributed by atoms with Crippen molar-refractivity contribution in [2.24, 2.45) is 5.14 Å². The number of hydrogen-bond donors (Lipinski definition) is 3. The van der Waals surface area contributed by atoms with Gasteiger partial charge in [-0.05, 0) is 85.8 Å². The zero-order valence-corrected chi connectivity index (χ0v) is 34.4. The third-order valence-corrected chi connectivity index (χ3v) is 10.4. The maximum absolute atomic E-state index is 11.7. The monoisotopic (exact) mass is 803 g/mol. The molecule has 5 N–H and O–H groups in total. The van der Waals surface area contributed by atoms with Gasteiger partial charge in [-0.2, -0.15) is 0 Å².